The van der Waals surface area contributed by atoms with Crippen LogP contribution in [0.15, 0.2) is 58.8 Å². The Morgan fingerprint density at radius 3 is 2.56 bits per heavy atom. The van der Waals surface area contributed by atoms with Crippen molar-refractivity contribution in [2.45, 2.75) is 31.1 Å². The molecule has 0 heterocycles. The lowest BCUT2D eigenvalue weighted by Crippen LogP contribution is -2.34. The monoisotopic (exact) mass is 352 g/mol. The zero-order chi connectivity index (χ0) is 18.4. The van der Waals surface area contributed by atoms with E-state index in [4.69, 9.17) is 5.26 Å². The number of carbonyl (C=O) groups excluding carboxylic acids is 1. The van der Waals surface area contributed by atoms with Crippen molar-refractivity contribution < 1.29 is 9.90 Å². The Morgan fingerprint density at radius 1 is 1.24 bits per heavy atom. The second kappa shape index (κ2) is 7.91. The Kier molecular flexibility index (Phi) is 5.89. The molecule has 2 rings (SSSR count). The van der Waals surface area contributed by atoms with Gasteiger partial charge >= 0.3 is 0 Å². The van der Waals surface area contributed by atoms with Gasteiger partial charge in [0.2, 0.25) is 5.91 Å². The van der Waals surface area contributed by atoms with E-state index in [0.29, 0.717) is 5.69 Å². The number of aromatic hydroxyl groups is 1. The van der Waals surface area contributed by atoms with Crippen LogP contribution in [-0.2, 0) is 10.2 Å². The fourth-order valence-electron chi connectivity index (χ4n) is 2.25. The van der Waals surface area contributed by atoms with Gasteiger partial charge in [0, 0.05) is 11.0 Å². The van der Waals surface area contributed by atoms with Crippen molar-refractivity contribution in [3.05, 3.63) is 65.1 Å². The highest BCUT2D eigenvalue weighted by atomic mass is 32.2. The number of nitrogens with zero attached hydrogens (tertiary/aromatic N) is 1. The zero-order valence-corrected chi connectivity index (χ0v) is 15.2. The van der Waals surface area contributed by atoms with Gasteiger partial charge in [0.15, 0.2) is 0 Å². The first kappa shape index (κ1) is 18.6. The third-order valence-electron chi connectivity index (χ3n) is 3.89. The molecule has 0 atom stereocenters. The number of rotatable bonds is 5. The SMILES string of the molecule is Cc1ccc(O)c(NC(=O)C(C)(C)c2ccc(SC=CC#N)cc2)c1. The Balaban J connectivity index is 2.16. The highest BCUT2D eigenvalue weighted by Crippen LogP contribution is 2.30. The number of hydrogen-bond acceptors (Lipinski definition) is 4. The summed E-state index contributed by atoms with van der Waals surface area (Å²) in [6, 6.07) is 14.7. The van der Waals surface area contributed by atoms with Crippen LogP contribution in [0.25, 0.3) is 0 Å². The summed E-state index contributed by atoms with van der Waals surface area (Å²) in [4.78, 5) is 13.7. The maximum Gasteiger partial charge on any atom is 0.234 e. The predicted molar refractivity (Wildman–Crippen MR) is 102 cm³/mol. The van der Waals surface area contributed by atoms with Gasteiger partial charge in [-0.25, -0.2) is 0 Å². The summed E-state index contributed by atoms with van der Waals surface area (Å²) in [5.74, 6) is -0.149. The largest absolute Gasteiger partial charge is 0.506 e. The summed E-state index contributed by atoms with van der Waals surface area (Å²) in [5.41, 5.74) is 1.47. The first-order valence-electron chi connectivity index (χ1n) is 7.77. The molecule has 25 heavy (non-hydrogen) atoms. The van der Waals surface area contributed by atoms with Crippen molar-refractivity contribution in [1.82, 2.24) is 0 Å². The number of phenols is 1. The Bertz CT molecular complexity index is 834. The zero-order valence-electron chi connectivity index (χ0n) is 14.4. The second-order valence-electron chi connectivity index (χ2n) is 6.17. The maximum atomic E-state index is 12.7. The van der Waals surface area contributed by atoms with E-state index in [1.807, 2.05) is 51.1 Å². The lowest BCUT2D eigenvalue weighted by Gasteiger charge is -2.24. The van der Waals surface area contributed by atoms with Crippen molar-refractivity contribution in [3.63, 3.8) is 0 Å². The van der Waals surface area contributed by atoms with Gasteiger partial charge in [-0.15, -0.1) is 0 Å². The van der Waals surface area contributed by atoms with Crippen LogP contribution in [0.3, 0.4) is 0 Å². The number of benzene rings is 2. The molecule has 0 spiro atoms. The van der Waals surface area contributed by atoms with Gasteiger partial charge < -0.3 is 10.4 Å². The second-order valence-corrected chi connectivity index (χ2v) is 7.15. The van der Waals surface area contributed by atoms with E-state index in [9.17, 15) is 9.90 Å². The van der Waals surface area contributed by atoms with Crippen LogP contribution in [0.1, 0.15) is 25.0 Å². The van der Waals surface area contributed by atoms with Gasteiger partial charge in [-0.2, -0.15) is 5.26 Å². The Morgan fingerprint density at radius 2 is 1.92 bits per heavy atom. The van der Waals surface area contributed by atoms with Crippen LogP contribution < -0.4 is 5.32 Å². The van der Waals surface area contributed by atoms with Crippen LogP contribution in [0.4, 0.5) is 5.69 Å². The van der Waals surface area contributed by atoms with E-state index < -0.39 is 5.41 Å². The summed E-state index contributed by atoms with van der Waals surface area (Å²) in [6.45, 7) is 5.58. The molecule has 2 aromatic carbocycles. The van der Waals surface area contributed by atoms with Crippen LogP contribution in [0, 0.1) is 18.3 Å². The molecule has 0 aliphatic heterocycles. The average molecular weight is 352 g/mol. The van der Waals surface area contributed by atoms with Crippen LogP contribution in [-0.4, -0.2) is 11.0 Å². The number of carbonyl (C=O) groups is 1. The summed E-state index contributed by atoms with van der Waals surface area (Å²) < 4.78 is 0. The van der Waals surface area contributed by atoms with E-state index in [1.165, 1.54) is 17.8 Å². The highest BCUT2D eigenvalue weighted by molar-refractivity contribution is 8.02. The molecule has 0 aliphatic carbocycles. The van der Waals surface area contributed by atoms with E-state index in [-0.39, 0.29) is 11.7 Å². The Labute approximate surface area is 152 Å². The van der Waals surface area contributed by atoms with Crippen LogP contribution in [0.5, 0.6) is 5.75 Å². The Hall–Kier alpha value is -2.71. The number of thioether (sulfide) groups is 1. The van der Waals surface area contributed by atoms with Gasteiger partial charge in [0.05, 0.1) is 17.2 Å². The smallest absolute Gasteiger partial charge is 0.234 e. The van der Waals surface area contributed by atoms with Crippen molar-refractivity contribution in [2.75, 3.05) is 5.32 Å². The lowest BCUT2D eigenvalue weighted by atomic mass is 9.83. The topological polar surface area (TPSA) is 73.1 Å². The summed E-state index contributed by atoms with van der Waals surface area (Å²) in [6.07, 6.45) is 1.42. The quantitative estimate of drug-likeness (QED) is 0.463. The van der Waals surface area contributed by atoms with Crippen LogP contribution in [0.2, 0.25) is 0 Å². The van der Waals surface area contributed by atoms with Gasteiger partial charge in [-0.05, 0) is 61.6 Å². The number of anilines is 1. The molecule has 0 fully saturated rings. The van der Waals surface area contributed by atoms with Crippen molar-refractivity contribution in [2.24, 2.45) is 0 Å². The van der Waals surface area contributed by atoms with E-state index >= 15 is 0 Å². The standard InChI is InChI=1S/C20H20N2O2S/c1-14-5-10-18(23)17(13-14)22-19(24)20(2,3)15-6-8-16(9-7-15)25-12-4-11-21/h4-10,12-13,23H,1-3H3,(H,22,24). The van der Waals surface area contributed by atoms with E-state index in [0.717, 1.165) is 16.0 Å². The van der Waals surface area contributed by atoms with Gasteiger partial charge in [-0.1, -0.05) is 30.0 Å². The van der Waals surface area contributed by atoms with Gasteiger partial charge in [0.25, 0.3) is 0 Å². The van der Waals surface area contributed by atoms with E-state index in [2.05, 4.69) is 5.32 Å². The first-order chi connectivity index (χ1) is 11.8. The normalized spacial score (nSPS) is 11.3. The third kappa shape index (κ3) is 4.65. The van der Waals surface area contributed by atoms with Crippen molar-refractivity contribution in [1.29, 1.82) is 5.26 Å². The summed E-state index contributed by atoms with van der Waals surface area (Å²) in [7, 11) is 0. The number of phenolic OH excluding ortho intramolecular Hbond substituents is 1. The molecule has 128 valence electrons. The molecule has 0 radical (unpaired) electrons. The molecule has 0 aromatic heterocycles. The molecule has 0 unspecified atom stereocenters. The predicted octanol–water partition coefficient (Wildman–Crippen LogP) is 4.75. The minimum atomic E-state index is -0.762. The van der Waals surface area contributed by atoms with Crippen molar-refractivity contribution in [3.8, 4) is 11.8 Å². The van der Waals surface area contributed by atoms with Gasteiger partial charge in [-0.3, -0.25) is 4.79 Å². The molecular weight excluding hydrogens is 332 g/mol. The molecule has 5 heteroatoms. The minimum absolute atomic E-state index is 0.0470. The molecule has 0 saturated heterocycles. The molecule has 2 N–H and O–H groups in total. The molecular formula is C20H20N2O2S. The number of nitrogens with one attached hydrogen (secondary N) is 1. The molecule has 2 aromatic rings. The summed E-state index contributed by atoms with van der Waals surface area (Å²) >= 11 is 1.44. The minimum Gasteiger partial charge on any atom is -0.506 e. The number of aryl methyl sites for hydroxylation is 1. The number of hydrogen-bond donors (Lipinski definition) is 2. The highest BCUT2D eigenvalue weighted by Gasteiger charge is 2.30. The fraction of sp³-hybridized carbons (Fsp3) is 0.200. The molecule has 0 saturated carbocycles. The van der Waals surface area contributed by atoms with E-state index in [1.54, 1.807) is 23.6 Å². The fourth-order valence-corrected chi connectivity index (χ4v) is 2.83. The number of amides is 1. The third-order valence-corrected chi connectivity index (χ3v) is 4.71. The molecule has 4 nitrogen and oxygen atoms in total. The first-order valence-corrected chi connectivity index (χ1v) is 8.65. The molecule has 0 bridgehead atoms. The van der Waals surface area contributed by atoms with Crippen molar-refractivity contribution >= 4 is 23.4 Å². The summed E-state index contributed by atoms with van der Waals surface area (Å²) in [5, 5.41) is 22.9. The number of nitriles is 1. The van der Waals surface area contributed by atoms with Gasteiger partial charge in [0.1, 0.15) is 5.75 Å². The van der Waals surface area contributed by atoms with Crippen LogP contribution >= 0.6 is 11.8 Å². The lowest BCUT2D eigenvalue weighted by molar-refractivity contribution is -0.120. The molecule has 1 amide bonds. The average Bonchev–Trinajstić information content (AvgIpc) is 2.59. The molecule has 0 aliphatic rings. The number of allylic oxidation sites excluding steroid dienone is 1. The maximum absolute atomic E-state index is 12.7.